The number of nitrogens with zero attached hydrogens (tertiary/aromatic N) is 2. The van der Waals surface area contributed by atoms with Crippen LogP contribution in [0.25, 0.3) is 0 Å². The second kappa shape index (κ2) is 5.68. The highest BCUT2D eigenvalue weighted by Gasteiger charge is 2.13. The Morgan fingerprint density at radius 2 is 2.13 bits per heavy atom. The highest BCUT2D eigenvalue weighted by atomic mass is 16.3. The van der Waals surface area contributed by atoms with Gasteiger partial charge in [-0.15, -0.1) is 0 Å². The Labute approximate surface area is 90.2 Å². The van der Waals surface area contributed by atoms with Crippen LogP contribution in [0.3, 0.4) is 0 Å². The molecule has 0 bridgehead atoms. The molecule has 0 unspecified atom stereocenters. The lowest BCUT2D eigenvalue weighted by molar-refractivity contribution is 0.279. The number of hydrogen-bond donors (Lipinski definition) is 2. The summed E-state index contributed by atoms with van der Waals surface area (Å²) in [6.07, 6.45) is 3.35. The average Bonchev–Trinajstić information content (AvgIpc) is 2.25. The van der Waals surface area contributed by atoms with E-state index >= 15 is 0 Å². The van der Waals surface area contributed by atoms with Gasteiger partial charge in [-0.25, -0.2) is 0 Å². The van der Waals surface area contributed by atoms with Gasteiger partial charge < -0.3 is 15.1 Å². The molecule has 0 aliphatic heterocycles. The number of pyridine rings is 1. The molecule has 1 aromatic rings. The van der Waals surface area contributed by atoms with Crippen molar-refractivity contribution >= 4 is 5.69 Å². The predicted octanol–water partition coefficient (Wildman–Crippen LogP) is 0.781. The molecule has 0 saturated heterocycles. The Bertz CT molecular complexity index is 302. The number of anilines is 1. The molecular formula is C11H18N2O2. The minimum absolute atomic E-state index is 0.0299. The van der Waals surface area contributed by atoms with Gasteiger partial charge in [0.05, 0.1) is 13.2 Å². The largest absolute Gasteiger partial charge is 0.395 e. The van der Waals surface area contributed by atoms with Crippen molar-refractivity contribution in [2.45, 2.75) is 26.5 Å². The van der Waals surface area contributed by atoms with E-state index in [-0.39, 0.29) is 19.3 Å². The van der Waals surface area contributed by atoms with E-state index in [2.05, 4.69) is 18.8 Å². The predicted molar refractivity (Wildman–Crippen MR) is 59.7 cm³/mol. The summed E-state index contributed by atoms with van der Waals surface area (Å²) < 4.78 is 0. The Balaban J connectivity index is 2.98. The summed E-state index contributed by atoms with van der Waals surface area (Å²) in [6, 6.07) is 2.14. The monoisotopic (exact) mass is 210 g/mol. The van der Waals surface area contributed by atoms with E-state index in [9.17, 15) is 5.11 Å². The molecule has 1 aromatic heterocycles. The second-order valence-electron chi connectivity index (χ2n) is 3.67. The van der Waals surface area contributed by atoms with Crippen molar-refractivity contribution in [3.05, 3.63) is 24.0 Å². The van der Waals surface area contributed by atoms with E-state index in [0.717, 1.165) is 11.3 Å². The van der Waals surface area contributed by atoms with Crippen molar-refractivity contribution in [2.24, 2.45) is 0 Å². The van der Waals surface area contributed by atoms with E-state index in [4.69, 9.17) is 5.11 Å². The summed E-state index contributed by atoms with van der Waals surface area (Å²) in [5, 5.41) is 18.2. The molecule has 0 atom stereocenters. The van der Waals surface area contributed by atoms with Gasteiger partial charge in [-0.2, -0.15) is 0 Å². The molecule has 84 valence electrons. The lowest BCUT2D eigenvalue weighted by Crippen LogP contribution is -2.34. The molecule has 2 N–H and O–H groups in total. The Hall–Kier alpha value is -1.13. The molecule has 15 heavy (non-hydrogen) atoms. The fourth-order valence-electron chi connectivity index (χ4n) is 1.59. The van der Waals surface area contributed by atoms with Crippen molar-refractivity contribution in [3.8, 4) is 0 Å². The van der Waals surface area contributed by atoms with Crippen LogP contribution in [0.4, 0.5) is 5.69 Å². The maximum atomic E-state index is 9.19. The second-order valence-corrected chi connectivity index (χ2v) is 3.67. The van der Waals surface area contributed by atoms with E-state index in [1.807, 2.05) is 11.0 Å². The average molecular weight is 210 g/mol. The number of rotatable bonds is 5. The van der Waals surface area contributed by atoms with E-state index < -0.39 is 0 Å². The molecule has 0 saturated carbocycles. The van der Waals surface area contributed by atoms with Gasteiger partial charge in [0.2, 0.25) is 0 Å². The molecule has 4 heteroatoms. The molecular weight excluding hydrogens is 192 g/mol. The zero-order chi connectivity index (χ0) is 11.3. The molecule has 0 aromatic carbocycles. The van der Waals surface area contributed by atoms with Crippen LogP contribution in [-0.2, 0) is 6.61 Å². The Kier molecular flexibility index (Phi) is 4.52. The van der Waals surface area contributed by atoms with Gasteiger partial charge in [0, 0.05) is 36.2 Å². The summed E-state index contributed by atoms with van der Waals surface area (Å²) in [7, 11) is 0. The van der Waals surface area contributed by atoms with Crippen LogP contribution in [0.15, 0.2) is 18.5 Å². The number of aromatic nitrogens is 1. The van der Waals surface area contributed by atoms with Crippen LogP contribution in [0.5, 0.6) is 0 Å². The van der Waals surface area contributed by atoms with E-state index in [1.165, 1.54) is 0 Å². The Morgan fingerprint density at radius 3 is 2.67 bits per heavy atom. The fourth-order valence-corrected chi connectivity index (χ4v) is 1.59. The van der Waals surface area contributed by atoms with Gasteiger partial charge in [-0.1, -0.05) is 0 Å². The van der Waals surface area contributed by atoms with Crippen molar-refractivity contribution in [3.63, 3.8) is 0 Å². The third kappa shape index (κ3) is 2.91. The molecule has 1 heterocycles. The maximum absolute atomic E-state index is 9.19. The summed E-state index contributed by atoms with van der Waals surface area (Å²) >= 11 is 0. The van der Waals surface area contributed by atoms with Crippen LogP contribution >= 0.6 is 0 Å². The third-order valence-corrected chi connectivity index (χ3v) is 2.32. The zero-order valence-electron chi connectivity index (χ0n) is 9.22. The lowest BCUT2D eigenvalue weighted by atomic mass is 10.2. The molecule has 0 aliphatic rings. The fraction of sp³-hybridized carbons (Fsp3) is 0.545. The van der Waals surface area contributed by atoms with Gasteiger partial charge >= 0.3 is 0 Å². The molecule has 0 radical (unpaired) electrons. The van der Waals surface area contributed by atoms with E-state index in [0.29, 0.717) is 6.54 Å². The van der Waals surface area contributed by atoms with Gasteiger partial charge in [-0.05, 0) is 19.9 Å². The third-order valence-electron chi connectivity index (χ3n) is 2.32. The summed E-state index contributed by atoms with van der Waals surface area (Å²) in [4.78, 5) is 6.02. The molecule has 0 amide bonds. The van der Waals surface area contributed by atoms with Crippen molar-refractivity contribution in [1.82, 2.24) is 4.98 Å². The smallest absolute Gasteiger partial charge is 0.0717 e. The maximum Gasteiger partial charge on any atom is 0.0717 e. The quantitative estimate of drug-likeness (QED) is 0.754. The molecule has 0 fully saturated rings. The molecule has 0 aliphatic carbocycles. The zero-order valence-corrected chi connectivity index (χ0v) is 9.22. The molecule has 4 nitrogen and oxygen atoms in total. The molecule has 1 rings (SSSR count). The van der Waals surface area contributed by atoms with Crippen LogP contribution < -0.4 is 4.90 Å². The Morgan fingerprint density at radius 1 is 1.40 bits per heavy atom. The highest BCUT2D eigenvalue weighted by molar-refractivity contribution is 5.52. The summed E-state index contributed by atoms with van der Waals surface area (Å²) in [5.74, 6) is 0. The van der Waals surface area contributed by atoms with Gasteiger partial charge in [0.25, 0.3) is 0 Å². The summed E-state index contributed by atoms with van der Waals surface area (Å²) in [6.45, 7) is 4.74. The summed E-state index contributed by atoms with van der Waals surface area (Å²) in [5.41, 5.74) is 1.73. The van der Waals surface area contributed by atoms with Crippen LogP contribution in [-0.4, -0.2) is 34.4 Å². The van der Waals surface area contributed by atoms with Crippen LogP contribution in [0.2, 0.25) is 0 Å². The molecule has 0 spiro atoms. The van der Waals surface area contributed by atoms with Crippen molar-refractivity contribution in [2.75, 3.05) is 18.1 Å². The van der Waals surface area contributed by atoms with Gasteiger partial charge in [0.1, 0.15) is 0 Å². The number of hydrogen-bond acceptors (Lipinski definition) is 4. The first-order valence-corrected chi connectivity index (χ1v) is 5.12. The van der Waals surface area contributed by atoms with Crippen LogP contribution in [0, 0.1) is 0 Å². The topological polar surface area (TPSA) is 56.6 Å². The van der Waals surface area contributed by atoms with Gasteiger partial charge in [0.15, 0.2) is 0 Å². The first kappa shape index (κ1) is 11.9. The van der Waals surface area contributed by atoms with Crippen molar-refractivity contribution < 1.29 is 10.2 Å². The van der Waals surface area contributed by atoms with E-state index in [1.54, 1.807) is 12.4 Å². The number of aliphatic hydroxyl groups is 2. The van der Waals surface area contributed by atoms with Crippen molar-refractivity contribution in [1.29, 1.82) is 0 Å². The highest BCUT2D eigenvalue weighted by Crippen LogP contribution is 2.21. The van der Waals surface area contributed by atoms with Gasteiger partial charge in [-0.3, -0.25) is 4.98 Å². The minimum atomic E-state index is -0.0299. The lowest BCUT2D eigenvalue weighted by Gasteiger charge is -2.29. The minimum Gasteiger partial charge on any atom is -0.395 e. The number of aliphatic hydroxyl groups excluding tert-OH is 2. The van der Waals surface area contributed by atoms with Crippen LogP contribution in [0.1, 0.15) is 19.4 Å². The first-order valence-electron chi connectivity index (χ1n) is 5.12. The SMILES string of the molecule is CC(C)N(CCO)c1ccncc1CO. The first-order chi connectivity index (χ1) is 7.20. The normalized spacial score (nSPS) is 10.7. The standard InChI is InChI=1S/C11H18N2O2/c1-9(2)13(5-6-14)11-3-4-12-7-10(11)8-15/h3-4,7,9,14-15H,5-6,8H2,1-2H3.